The number of amidine groups is 1. The van der Waals surface area contributed by atoms with E-state index >= 15 is 8.78 Å². The molecule has 0 bridgehead atoms. The molecule has 1 aliphatic rings. The zero-order valence-electron chi connectivity index (χ0n) is 16.0. The van der Waals surface area contributed by atoms with Gasteiger partial charge in [-0.25, -0.2) is 23.1 Å². The summed E-state index contributed by atoms with van der Waals surface area (Å²) in [6.45, 7) is 3.34. The highest BCUT2D eigenvalue weighted by atomic mass is 19.3. The van der Waals surface area contributed by atoms with E-state index in [1.54, 1.807) is 0 Å². The van der Waals surface area contributed by atoms with Crippen LogP contribution in [-0.2, 0) is 10.3 Å². The van der Waals surface area contributed by atoms with Crippen molar-refractivity contribution in [2.24, 2.45) is 10.7 Å². The van der Waals surface area contributed by atoms with Gasteiger partial charge in [0, 0.05) is 11.1 Å². The Morgan fingerprint density at radius 3 is 2.46 bits per heavy atom. The number of nitrogens with zero attached hydrogens (tertiary/aromatic N) is 3. The van der Waals surface area contributed by atoms with Gasteiger partial charge in [0.25, 0.3) is 0 Å². The minimum atomic E-state index is -3.56. The van der Waals surface area contributed by atoms with Gasteiger partial charge >= 0.3 is 5.92 Å². The molecule has 0 aliphatic carbocycles. The lowest BCUT2D eigenvalue weighted by molar-refractivity contribution is -0.214. The summed E-state index contributed by atoms with van der Waals surface area (Å²) in [5.41, 5.74) is 2.01. The lowest BCUT2D eigenvalue weighted by Gasteiger charge is -2.42. The maximum Gasteiger partial charge on any atom is 0.304 e. The van der Waals surface area contributed by atoms with E-state index in [4.69, 9.17) is 15.2 Å². The Morgan fingerprint density at radius 2 is 1.86 bits per heavy atom. The number of nitrogens with two attached hydrogens (primary N) is 1. The SMILES string of the molecule is COc1cnc(-c2ccc(F)c([C@@]3(C)N=C(N)COC(C)(C)C3(F)F)c2)cn1. The Bertz CT molecular complexity index is 916. The summed E-state index contributed by atoms with van der Waals surface area (Å²) in [6.07, 6.45) is 2.79. The van der Waals surface area contributed by atoms with Crippen molar-refractivity contribution in [2.45, 2.75) is 37.8 Å². The molecule has 150 valence electrons. The van der Waals surface area contributed by atoms with Crippen LogP contribution in [0.15, 0.2) is 35.6 Å². The van der Waals surface area contributed by atoms with Gasteiger partial charge in [-0.2, -0.15) is 0 Å². The normalized spacial score (nSPS) is 23.6. The molecule has 0 amide bonds. The number of aromatic nitrogens is 2. The topological polar surface area (TPSA) is 82.6 Å². The van der Waals surface area contributed by atoms with Gasteiger partial charge in [0.1, 0.15) is 23.9 Å². The Morgan fingerprint density at radius 1 is 1.14 bits per heavy atom. The summed E-state index contributed by atoms with van der Waals surface area (Å²) in [5, 5.41) is 0. The number of halogens is 3. The Hall–Kier alpha value is -2.68. The van der Waals surface area contributed by atoms with E-state index in [-0.39, 0.29) is 18.0 Å². The molecular weight excluding hydrogens is 373 g/mol. The molecule has 0 saturated carbocycles. The molecule has 2 heterocycles. The van der Waals surface area contributed by atoms with E-state index < -0.39 is 22.9 Å². The number of hydrogen-bond acceptors (Lipinski definition) is 6. The fourth-order valence-electron chi connectivity index (χ4n) is 3.18. The number of methoxy groups -OCH3 is 1. The van der Waals surface area contributed by atoms with Crippen LogP contribution < -0.4 is 10.5 Å². The average molecular weight is 394 g/mol. The largest absolute Gasteiger partial charge is 0.480 e. The molecule has 1 atom stereocenters. The van der Waals surface area contributed by atoms with E-state index in [0.29, 0.717) is 17.1 Å². The lowest BCUT2D eigenvalue weighted by atomic mass is 9.77. The fourth-order valence-corrected chi connectivity index (χ4v) is 3.18. The van der Waals surface area contributed by atoms with Crippen molar-refractivity contribution in [3.05, 3.63) is 42.0 Å². The quantitative estimate of drug-likeness (QED) is 0.864. The van der Waals surface area contributed by atoms with E-state index in [0.717, 1.165) is 13.0 Å². The second kappa shape index (κ2) is 6.73. The van der Waals surface area contributed by atoms with Crippen LogP contribution in [0.25, 0.3) is 11.3 Å². The zero-order valence-corrected chi connectivity index (χ0v) is 16.0. The third kappa shape index (κ3) is 3.09. The summed E-state index contributed by atoms with van der Waals surface area (Å²) in [5.74, 6) is -4.24. The molecular formula is C19H21F3N4O2. The maximum atomic E-state index is 15.5. The van der Waals surface area contributed by atoms with Gasteiger partial charge in [0.15, 0.2) is 5.54 Å². The highest BCUT2D eigenvalue weighted by molar-refractivity contribution is 5.82. The van der Waals surface area contributed by atoms with Gasteiger partial charge in [-0.15, -0.1) is 0 Å². The minimum Gasteiger partial charge on any atom is -0.480 e. The Kier molecular flexibility index (Phi) is 4.82. The monoisotopic (exact) mass is 394 g/mol. The molecule has 28 heavy (non-hydrogen) atoms. The third-order valence-electron chi connectivity index (χ3n) is 4.94. The van der Waals surface area contributed by atoms with Crippen molar-refractivity contribution in [3.8, 4) is 17.1 Å². The number of benzene rings is 1. The Balaban J connectivity index is 2.19. The fraction of sp³-hybridized carbons (Fsp3) is 0.421. The first kappa shape index (κ1) is 20.1. The molecule has 2 aromatic rings. The van der Waals surface area contributed by atoms with E-state index in [2.05, 4.69) is 15.0 Å². The van der Waals surface area contributed by atoms with Gasteiger partial charge in [-0.1, -0.05) is 0 Å². The molecule has 0 unspecified atom stereocenters. The maximum absolute atomic E-state index is 15.5. The molecule has 3 rings (SSSR count). The second-order valence-corrected chi connectivity index (χ2v) is 7.19. The van der Waals surface area contributed by atoms with Gasteiger partial charge in [-0.3, -0.25) is 4.99 Å². The average Bonchev–Trinajstić information content (AvgIpc) is 2.71. The lowest BCUT2D eigenvalue weighted by Crippen LogP contribution is -2.56. The molecule has 6 nitrogen and oxygen atoms in total. The van der Waals surface area contributed by atoms with Crippen molar-refractivity contribution >= 4 is 5.84 Å². The molecule has 2 N–H and O–H groups in total. The van der Waals surface area contributed by atoms with Crippen molar-refractivity contribution < 1.29 is 22.6 Å². The first-order valence-corrected chi connectivity index (χ1v) is 8.54. The van der Waals surface area contributed by atoms with Crippen molar-refractivity contribution in [3.63, 3.8) is 0 Å². The zero-order chi connectivity index (χ0) is 20.7. The predicted octanol–water partition coefficient (Wildman–Crippen LogP) is 3.31. The van der Waals surface area contributed by atoms with Crippen LogP contribution in [0.2, 0.25) is 0 Å². The number of hydrogen-bond donors (Lipinski definition) is 1. The van der Waals surface area contributed by atoms with Crippen LogP contribution in [0.1, 0.15) is 26.3 Å². The standard InChI is InChI=1S/C19H21F3N4O2/c1-17(2)19(21,22)18(3,26-15(23)10-28-17)12-7-11(5-6-13(12)20)14-8-25-16(27-4)9-24-14/h5-9H,10H2,1-4H3,(H2,23,26)/t18-/m1/s1. The summed E-state index contributed by atoms with van der Waals surface area (Å²) in [4.78, 5) is 12.2. The molecule has 1 aromatic heterocycles. The number of aliphatic imine (C=N–C) groups is 1. The number of ether oxygens (including phenoxy) is 2. The predicted molar refractivity (Wildman–Crippen MR) is 97.9 cm³/mol. The summed E-state index contributed by atoms with van der Waals surface area (Å²) in [6, 6.07) is 3.82. The van der Waals surface area contributed by atoms with Gasteiger partial charge in [0.2, 0.25) is 5.88 Å². The van der Waals surface area contributed by atoms with E-state index in [1.807, 2.05) is 0 Å². The van der Waals surface area contributed by atoms with Crippen LogP contribution in [0, 0.1) is 5.82 Å². The van der Waals surface area contributed by atoms with E-state index in [9.17, 15) is 4.39 Å². The molecule has 0 spiro atoms. The highest BCUT2D eigenvalue weighted by Gasteiger charge is 2.63. The van der Waals surface area contributed by atoms with Gasteiger partial charge < -0.3 is 15.2 Å². The molecule has 0 fully saturated rings. The van der Waals surface area contributed by atoms with Crippen molar-refractivity contribution in [1.29, 1.82) is 0 Å². The number of rotatable bonds is 3. The molecule has 1 aromatic carbocycles. The van der Waals surface area contributed by atoms with Crippen LogP contribution in [-0.4, -0.2) is 41.0 Å². The van der Waals surface area contributed by atoms with Crippen molar-refractivity contribution in [1.82, 2.24) is 9.97 Å². The van der Waals surface area contributed by atoms with Crippen LogP contribution in [0.5, 0.6) is 5.88 Å². The molecule has 0 saturated heterocycles. The molecule has 0 radical (unpaired) electrons. The summed E-state index contributed by atoms with van der Waals surface area (Å²) >= 11 is 0. The molecule has 9 heteroatoms. The Labute approximate surface area is 160 Å². The second-order valence-electron chi connectivity index (χ2n) is 7.19. The molecule has 1 aliphatic heterocycles. The summed E-state index contributed by atoms with van der Waals surface area (Å²) < 4.78 is 55.9. The smallest absolute Gasteiger partial charge is 0.304 e. The third-order valence-corrected chi connectivity index (χ3v) is 4.94. The van der Waals surface area contributed by atoms with Crippen LogP contribution in [0.3, 0.4) is 0 Å². The van der Waals surface area contributed by atoms with Crippen LogP contribution >= 0.6 is 0 Å². The minimum absolute atomic E-state index is 0.137. The van der Waals surface area contributed by atoms with Gasteiger partial charge in [-0.05, 0) is 39.0 Å². The first-order valence-electron chi connectivity index (χ1n) is 8.54. The first-order chi connectivity index (χ1) is 13.0. The summed E-state index contributed by atoms with van der Waals surface area (Å²) in [7, 11) is 1.45. The highest BCUT2D eigenvalue weighted by Crippen LogP contribution is 2.50. The number of alkyl halides is 2. The van der Waals surface area contributed by atoms with Crippen molar-refractivity contribution in [2.75, 3.05) is 13.7 Å². The van der Waals surface area contributed by atoms with E-state index in [1.165, 1.54) is 45.5 Å². The van der Waals surface area contributed by atoms with Crippen LogP contribution in [0.4, 0.5) is 13.2 Å². The van der Waals surface area contributed by atoms with Gasteiger partial charge in [0.05, 0.1) is 25.2 Å².